The molecule has 0 aliphatic heterocycles. The van der Waals surface area contributed by atoms with Crippen molar-refractivity contribution in [3.05, 3.63) is 92.9 Å². The van der Waals surface area contributed by atoms with Crippen molar-refractivity contribution in [1.82, 2.24) is 10.2 Å². The summed E-state index contributed by atoms with van der Waals surface area (Å²) in [5, 5.41) is 3.63. The minimum Gasteiger partial charge on any atom is -0.354 e. The number of carbonyl (C=O) groups excluding carboxylic acids is 2. The fourth-order valence-corrected chi connectivity index (χ4v) is 5.75. The quantitative estimate of drug-likeness (QED) is 0.270. The molecule has 1 N–H and O–H groups in total. The van der Waals surface area contributed by atoms with Crippen LogP contribution in [0.3, 0.4) is 0 Å². The average Bonchev–Trinajstić information content (AvgIpc) is 2.91. The molecule has 0 radical (unpaired) electrons. The largest absolute Gasteiger partial charge is 0.354 e. The van der Waals surface area contributed by atoms with Crippen molar-refractivity contribution >= 4 is 62.3 Å². The lowest BCUT2D eigenvalue weighted by Gasteiger charge is -2.32. The van der Waals surface area contributed by atoms with Crippen LogP contribution in [0.15, 0.2) is 71.6 Å². The van der Waals surface area contributed by atoms with E-state index in [4.69, 9.17) is 34.8 Å². The van der Waals surface area contributed by atoms with Crippen molar-refractivity contribution in [2.24, 2.45) is 5.92 Å². The van der Waals surface area contributed by atoms with Crippen LogP contribution in [-0.2, 0) is 26.2 Å². The highest BCUT2D eigenvalue weighted by Gasteiger charge is 2.33. The lowest BCUT2D eigenvalue weighted by Crippen LogP contribution is -2.51. The molecule has 0 bridgehead atoms. The highest BCUT2D eigenvalue weighted by molar-refractivity contribution is 7.92. The van der Waals surface area contributed by atoms with Gasteiger partial charge in [-0.05, 0) is 61.7 Å². The predicted molar refractivity (Wildman–Crippen MR) is 161 cm³/mol. The molecule has 1 atom stereocenters. The van der Waals surface area contributed by atoms with Gasteiger partial charge in [-0.3, -0.25) is 13.9 Å². The van der Waals surface area contributed by atoms with E-state index in [2.05, 4.69) is 5.32 Å². The SMILES string of the molecule is Cc1ccc(S(=O)(=O)N(CC(=O)N(Cc2ccccc2Cl)C(C)C(=O)NCC(C)C)c2ccc(Cl)c(Cl)c2)cc1. The van der Waals surface area contributed by atoms with Crippen molar-refractivity contribution in [3.63, 3.8) is 0 Å². The zero-order chi connectivity index (χ0) is 29.6. The number of hydrogen-bond donors (Lipinski definition) is 1. The first-order valence-electron chi connectivity index (χ1n) is 12.7. The molecule has 0 saturated carbocycles. The number of nitrogens with zero attached hydrogens (tertiary/aromatic N) is 2. The Hall–Kier alpha value is -2.78. The van der Waals surface area contributed by atoms with Crippen molar-refractivity contribution in [3.8, 4) is 0 Å². The molecule has 0 aromatic heterocycles. The zero-order valence-electron chi connectivity index (χ0n) is 22.7. The molecule has 214 valence electrons. The molecule has 0 saturated heterocycles. The van der Waals surface area contributed by atoms with Crippen LogP contribution in [0.5, 0.6) is 0 Å². The van der Waals surface area contributed by atoms with Gasteiger partial charge < -0.3 is 10.2 Å². The molecule has 0 aliphatic rings. The van der Waals surface area contributed by atoms with E-state index < -0.39 is 28.5 Å². The van der Waals surface area contributed by atoms with E-state index in [0.29, 0.717) is 17.1 Å². The summed E-state index contributed by atoms with van der Waals surface area (Å²) < 4.78 is 28.7. The third-order valence-electron chi connectivity index (χ3n) is 6.23. The molecule has 0 aliphatic carbocycles. The third-order valence-corrected chi connectivity index (χ3v) is 9.13. The molecule has 1 unspecified atom stereocenters. The normalized spacial score (nSPS) is 12.2. The van der Waals surface area contributed by atoms with Crippen molar-refractivity contribution in [2.75, 3.05) is 17.4 Å². The third kappa shape index (κ3) is 7.91. The van der Waals surface area contributed by atoms with E-state index in [1.807, 2.05) is 20.8 Å². The summed E-state index contributed by atoms with van der Waals surface area (Å²) in [6.07, 6.45) is 0. The van der Waals surface area contributed by atoms with Crippen LogP contribution < -0.4 is 9.62 Å². The monoisotopic (exact) mass is 623 g/mol. The van der Waals surface area contributed by atoms with Gasteiger partial charge in [0, 0.05) is 18.1 Å². The lowest BCUT2D eigenvalue weighted by atomic mass is 10.1. The van der Waals surface area contributed by atoms with Gasteiger partial charge in [-0.1, -0.05) is 84.5 Å². The van der Waals surface area contributed by atoms with Gasteiger partial charge >= 0.3 is 0 Å². The summed E-state index contributed by atoms with van der Waals surface area (Å²) in [6.45, 7) is 7.19. The molecule has 2 amide bonds. The van der Waals surface area contributed by atoms with Gasteiger partial charge in [0.05, 0.1) is 20.6 Å². The van der Waals surface area contributed by atoms with Crippen molar-refractivity contribution in [1.29, 1.82) is 0 Å². The Morgan fingerprint density at radius 2 is 1.52 bits per heavy atom. The van der Waals surface area contributed by atoms with Crippen LogP contribution in [0.1, 0.15) is 31.9 Å². The van der Waals surface area contributed by atoms with Crippen LogP contribution >= 0.6 is 34.8 Å². The van der Waals surface area contributed by atoms with Gasteiger partial charge in [0.15, 0.2) is 0 Å². The average molecular weight is 625 g/mol. The molecule has 0 heterocycles. The highest BCUT2D eigenvalue weighted by atomic mass is 35.5. The maximum atomic E-state index is 13.9. The number of carbonyl (C=O) groups is 2. The maximum Gasteiger partial charge on any atom is 0.264 e. The molecular formula is C29H32Cl3N3O4S. The fourth-order valence-electron chi connectivity index (χ4n) is 3.85. The summed E-state index contributed by atoms with van der Waals surface area (Å²) in [6, 6.07) is 16.7. The highest BCUT2D eigenvalue weighted by Crippen LogP contribution is 2.31. The number of nitrogens with one attached hydrogen (secondary N) is 1. The Bertz CT molecular complexity index is 1460. The summed E-state index contributed by atoms with van der Waals surface area (Å²) in [5.41, 5.74) is 1.64. The molecular weight excluding hydrogens is 593 g/mol. The number of hydrogen-bond acceptors (Lipinski definition) is 4. The number of rotatable bonds is 11. The standard InChI is InChI=1S/C29H32Cl3N3O4S/c1-19(2)16-33-29(37)21(4)34(17-22-7-5-6-8-25(22)30)28(36)18-35(23-11-14-26(31)27(32)15-23)40(38,39)24-12-9-20(3)10-13-24/h5-15,19,21H,16-18H2,1-4H3,(H,33,37). The van der Waals surface area contributed by atoms with E-state index >= 15 is 0 Å². The van der Waals surface area contributed by atoms with Crippen LogP contribution in [0, 0.1) is 12.8 Å². The van der Waals surface area contributed by atoms with Gasteiger partial charge in [-0.25, -0.2) is 8.42 Å². The van der Waals surface area contributed by atoms with Gasteiger partial charge in [0.25, 0.3) is 10.0 Å². The van der Waals surface area contributed by atoms with E-state index in [-0.39, 0.29) is 39.0 Å². The Balaban J connectivity index is 2.05. The minimum absolute atomic E-state index is 0.00245. The number of benzene rings is 3. The van der Waals surface area contributed by atoms with Gasteiger partial charge in [-0.15, -0.1) is 0 Å². The second-order valence-corrected chi connectivity index (χ2v) is 12.9. The van der Waals surface area contributed by atoms with E-state index in [0.717, 1.165) is 9.87 Å². The molecule has 7 nitrogen and oxygen atoms in total. The molecule has 3 aromatic carbocycles. The van der Waals surface area contributed by atoms with Crippen LogP contribution in [0.25, 0.3) is 0 Å². The molecule has 40 heavy (non-hydrogen) atoms. The minimum atomic E-state index is -4.22. The summed E-state index contributed by atoms with van der Waals surface area (Å²) in [7, 11) is -4.22. The molecule has 0 spiro atoms. The van der Waals surface area contributed by atoms with E-state index in [9.17, 15) is 18.0 Å². The zero-order valence-corrected chi connectivity index (χ0v) is 25.8. The van der Waals surface area contributed by atoms with Gasteiger partial charge in [0.1, 0.15) is 12.6 Å². The topological polar surface area (TPSA) is 86.8 Å². The molecule has 3 aromatic rings. The molecule has 3 rings (SSSR count). The Morgan fingerprint density at radius 1 is 0.875 bits per heavy atom. The Labute approximate surface area is 251 Å². The number of sulfonamides is 1. The van der Waals surface area contributed by atoms with Crippen molar-refractivity contribution in [2.45, 2.75) is 45.2 Å². The second kappa shape index (κ2) is 13.7. The molecule has 0 fully saturated rings. The Kier molecular flexibility index (Phi) is 10.9. The molecule has 11 heteroatoms. The number of anilines is 1. The van der Waals surface area contributed by atoms with Crippen molar-refractivity contribution < 1.29 is 18.0 Å². The maximum absolute atomic E-state index is 13.9. The Morgan fingerprint density at radius 3 is 2.12 bits per heavy atom. The first kappa shape index (κ1) is 31.7. The lowest BCUT2D eigenvalue weighted by molar-refractivity contribution is -0.139. The smallest absolute Gasteiger partial charge is 0.264 e. The summed E-state index contributed by atoms with van der Waals surface area (Å²) in [5.74, 6) is -0.765. The second-order valence-electron chi connectivity index (χ2n) is 9.85. The van der Waals surface area contributed by atoms with Crippen LogP contribution in [0.4, 0.5) is 5.69 Å². The number of halogens is 3. The summed E-state index contributed by atoms with van der Waals surface area (Å²) in [4.78, 5) is 28.3. The van der Waals surface area contributed by atoms with Crippen LogP contribution in [-0.4, -0.2) is 44.3 Å². The number of amides is 2. The van der Waals surface area contributed by atoms with E-state index in [1.54, 1.807) is 43.3 Å². The van der Waals surface area contributed by atoms with Crippen LogP contribution in [0.2, 0.25) is 15.1 Å². The predicted octanol–water partition coefficient (Wildman–Crippen LogP) is 6.34. The fraction of sp³-hybridized carbons (Fsp3) is 0.310. The summed E-state index contributed by atoms with van der Waals surface area (Å²) >= 11 is 18.7. The van der Waals surface area contributed by atoms with E-state index in [1.165, 1.54) is 35.2 Å². The first-order chi connectivity index (χ1) is 18.8. The number of aryl methyl sites for hydroxylation is 1. The van der Waals surface area contributed by atoms with Gasteiger partial charge in [-0.2, -0.15) is 0 Å². The van der Waals surface area contributed by atoms with Gasteiger partial charge in [0.2, 0.25) is 11.8 Å². The first-order valence-corrected chi connectivity index (χ1v) is 15.2.